The Morgan fingerprint density at radius 1 is 1.50 bits per heavy atom. The van der Waals surface area contributed by atoms with E-state index in [1.54, 1.807) is 11.8 Å². The first-order valence-corrected chi connectivity index (χ1v) is 6.19. The van der Waals surface area contributed by atoms with E-state index in [0.717, 1.165) is 37.2 Å². The third kappa shape index (κ3) is 3.88. The van der Waals surface area contributed by atoms with E-state index in [2.05, 4.69) is 4.74 Å². The Kier molecular flexibility index (Phi) is 4.75. The van der Waals surface area contributed by atoms with Gasteiger partial charge in [0.25, 0.3) is 0 Å². The molecule has 0 radical (unpaired) electrons. The molecule has 0 aromatic heterocycles. The molecule has 0 spiro atoms. The third-order valence-electron chi connectivity index (χ3n) is 2.58. The van der Waals surface area contributed by atoms with Crippen LogP contribution in [0.1, 0.15) is 32.1 Å². The van der Waals surface area contributed by atoms with Crippen molar-refractivity contribution in [2.24, 2.45) is 0 Å². The zero-order valence-electron chi connectivity index (χ0n) is 8.62. The molecule has 0 unspecified atom stereocenters. The van der Waals surface area contributed by atoms with E-state index >= 15 is 0 Å². The average molecular weight is 218 g/mol. The summed E-state index contributed by atoms with van der Waals surface area (Å²) in [5.41, 5.74) is -0.458. The maximum Gasteiger partial charge on any atom is 0.306 e. The summed E-state index contributed by atoms with van der Waals surface area (Å²) in [6, 6.07) is 0. The molecule has 1 saturated carbocycles. The number of carbonyl (C=O) groups excluding carboxylic acids is 1. The molecular formula is C10H18O3S. The summed E-state index contributed by atoms with van der Waals surface area (Å²) in [4.78, 5) is 10.8. The number of carbonyl (C=O) groups is 1. The summed E-state index contributed by atoms with van der Waals surface area (Å²) in [5, 5.41) is 9.98. The highest BCUT2D eigenvalue weighted by atomic mass is 32.2. The van der Waals surface area contributed by atoms with Crippen molar-refractivity contribution in [3.63, 3.8) is 0 Å². The van der Waals surface area contributed by atoms with Crippen molar-refractivity contribution in [2.45, 2.75) is 37.7 Å². The van der Waals surface area contributed by atoms with E-state index < -0.39 is 5.60 Å². The Hall–Kier alpha value is -0.220. The van der Waals surface area contributed by atoms with E-state index in [1.165, 1.54) is 7.11 Å². The summed E-state index contributed by atoms with van der Waals surface area (Å²) in [6.45, 7) is 0. The average Bonchev–Trinajstić information content (AvgIpc) is 2.60. The monoisotopic (exact) mass is 218 g/mol. The standard InChI is InChI=1S/C10H18O3S/c1-13-9(11)4-7-14-8-10(12)5-2-3-6-10/h12H,2-8H2,1H3. The predicted molar refractivity (Wildman–Crippen MR) is 57.4 cm³/mol. The molecule has 1 fully saturated rings. The quantitative estimate of drug-likeness (QED) is 0.562. The molecule has 1 N–H and O–H groups in total. The van der Waals surface area contributed by atoms with E-state index in [9.17, 15) is 9.90 Å². The number of rotatable bonds is 5. The number of hydrogen-bond acceptors (Lipinski definition) is 4. The van der Waals surface area contributed by atoms with Crippen LogP contribution >= 0.6 is 11.8 Å². The molecule has 0 atom stereocenters. The molecule has 1 aliphatic carbocycles. The van der Waals surface area contributed by atoms with Gasteiger partial charge in [-0.15, -0.1) is 0 Å². The van der Waals surface area contributed by atoms with Crippen LogP contribution in [0, 0.1) is 0 Å². The fourth-order valence-corrected chi connectivity index (χ4v) is 2.82. The first-order valence-electron chi connectivity index (χ1n) is 5.03. The highest BCUT2D eigenvalue weighted by Gasteiger charge is 2.30. The number of esters is 1. The molecule has 82 valence electrons. The molecular weight excluding hydrogens is 200 g/mol. The van der Waals surface area contributed by atoms with Crippen LogP contribution in [0.3, 0.4) is 0 Å². The minimum Gasteiger partial charge on any atom is -0.469 e. The van der Waals surface area contributed by atoms with Crippen LogP contribution < -0.4 is 0 Å². The van der Waals surface area contributed by atoms with Gasteiger partial charge in [-0.3, -0.25) is 4.79 Å². The van der Waals surface area contributed by atoms with Crippen LogP contribution in [0.15, 0.2) is 0 Å². The van der Waals surface area contributed by atoms with E-state index in [0.29, 0.717) is 6.42 Å². The Bertz CT molecular complexity index is 188. The van der Waals surface area contributed by atoms with Crippen molar-refractivity contribution in [3.05, 3.63) is 0 Å². The summed E-state index contributed by atoms with van der Waals surface area (Å²) < 4.78 is 4.53. The summed E-state index contributed by atoms with van der Waals surface area (Å²) in [7, 11) is 1.40. The lowest BCUT2D eigenvalue weighted by Gasteiger charge is -2.20. The Morgan fingerprint density at radius 3 is 2.71 bits per heavy atom. The Balaban J connectivity index is 2.06. The van der Waals surface area contributed by atoms with Crippen molar-refractivity contribution >= 4 is 17.7 Å². The number of ether oxygens (including phenoxy) is 1. The van der Waals surface area contributed by atoms with Gasteiger partial charge in [0.15, 0.2) is 0 Å². The number of methoxy groups -OCH3 is 1. The van der Waals surface area contributed by atoms with Crippen LogP contribution in [-0.2, 0) is 9.53 Å². The molecule has 1 rings (SSSR count). The number of hydrogen-bond donors (Lipinski definition) is 1. The minimum absolute atomic E-state index is 0.170. The second-order valence-electron chi connectivity index (χ2n) is 3.81. The first-order chi connectivity index (χ1) is 6.66. The van der Waals surface area contributed by atoms with Crippen LogP contribution in [0.5, 0.6) is 0 Å². The zero-order valence-corrected chi connectivity index (χ0v) is 9.44. The van der Waals surface area contributed by atoms with E-state index in [-0.39, 0.29) is 5.97 Å². The third-order valence-corrected chi connectivity index (χ3v) is 3.82. The van der Waals surface area contributed by atoms with Crippen molar-refractivity contribution < 1.29 is 14.6 Å². The maximum absolute atomic E-state index is 10.8. The molecule has 0 amide bonds. The fraction of sp³-hybridized carbons (Fsp3) is 0.900. The van der Waals surface area contributed by atoms with Crippen molar-refractivity contribution in [3.8, 4) is 0 Å². The smallest absolute Gasteiger partial charge is 0.306 e. The van der Waals surface area contributed by atoms with Crippen LogP contribution in [-0.4, -0.2) is 35.3 Å². The lowest BCUT2D eigenvalue weighted by atomic mass is 10.1. The largest absolute Gasteiger partial charge is 0.469 e. The van der Waals surface area contributed by atoms with Gasteiger partial charge in [0.05, 0.1) is 19.1 Å². The highest BCUT2D eigenvalue weighted by molar-refractivity contribution is 7.99. The molecule has 4 heteroatoms. The first kappa shape index (κ1) is 11.9. The van der Waals surface area contributed by atoms with Gasteiger partial charge in [0, 0.05) is 11.5 Å². The SMILES string of the molecule is COC(=O)CCSCC1(O)CCCC1. The van der Waals surface area contributed by atoms with Crippen LogP contribution in [0.4, 0.5) is 0 Å². The van der Waals surface area contributed by atoms with Gasteiger partial charge < -0.3 is 9.84 Å². The van der Waals surface area contributed by atoms with E-state index in [1.807, 2.05) is 0 Å². The second kappa shape index (κ2) is 5.61. The van der Waals surface area contributed by atoms with Crippen molar-refractivity contribution in [1.29, 1.82) is 0 Å². The molecule has 3 nitrogen and oxygen atoms in total. The second-order valence-corrected chi connectivity index (χ2v) is 4.92. The van der Waals surface area contributed by atoms with Crippen molar-refractivity contribution in [2.75, 3.05) is 18.6 Å². The zero-order chi connectivity index (χ0) is 10.4. The highest BCUT2D eigenvalue weighted by Crippen LogP contribution is 2.32. The molecule has 14 heavy (non-hydrogen) atoms. The Labute approximate surface area is 89.2 Å². The maximum atomic E-state index is 10.8. The number of aliphatic hydroxyl groups is 1. The molecule has 0 aliphatic heterocycles. The molecule has 0 bridgehead atoms. The Morgan fingerprint density at radius 2 is 2.14 bits per heavy atom. The van der Waals surface area contributed by atoms with Gasteiger partial charge in [0.2, 0.25) is 0 Å². The molecule has 1 aliphatic rings. The van der Waals surface area contributed by atoms with Crippen LogP contribution in [0.25, 0.3) is 0 Å². The van der Waals surface area contributed by atoms with Gasteiger partial charge >= 0.3 is 5.97 Å². The molecule has 0 aromatic carbocycles. The molecule has 0 saturated heterocycles. The molecule has 0 aromatic rings. The molecule has 0 heterocycles. The predicted octanol–water partition coefficient (Wildman–Crippen LogP) is 1.59. The topological polar surface area (TPSA) is 46.5 Å². The minimum atomic E-state index is -0.458. The van der Waals surface area contributed by atoms with Gasteiger partial charge in [-0.25, -0.2) is 0 Å². The van der Waals surface area contributed by atoms with E-state index in [4.69, 9.17) is 0 Å². The van der Waals surface area contributed by atoms with Gasteiger partial charge in [-0.2, -0.15) is 11.8 Å². The van der Waals surface area contributed by atoms with Crippen LogP contribution in [0.2, 0.25) is 0 Å². The summed E-state index contributed by atoms with van der Waals surface area (Å²) in [6.07, 6.45) is 4.54. The fourth-order valence-electron chi connectivity index (χ4n) is 1.70. The number of thioether (sulfide) groups is 1. The van der Waals surface area contributed by atoms with Gasteiger partial charge in [-0.05, 0) is 12.8 Å². The summed E-state index contributed by atoms with van der Waals surface area (Å²) >= 11 is 1.64. The van der Waals surface area contributed by atoms with Gasteiger partial charge in [0.1, 0.15) is 0 Å². The lowest BCUT2D eigenvalue weighted by Crippen LogP contribution is -2.27. The summed E-state index contributed by atoms with van der Waals surface area (Å²) in [5.74, 6) is 1.33. The lowest BCUT2D eigenvalue weighted by molar-refractivity contribution is -0.140. The van der Waals surface area contributed by atoms with Crippen molar-refractivity contribution in [1.82, 2.24) is 0 Å². The normalized spacial score (nSPS) is 19.6. The van der Waals surface area contributed by atoms with Gasteiger partial charge in [-0.1, -0.05) is 12.8 Å².